The van der Waals surface area contributed by atoms with Crippen molar-refractivity contribution < 1.29 is 4.74 Å². The molecule has 2 atom stereocenters. The van der Waals surface area contributed by atoms with Crippen LogP contribution in [-0.2, 0) is 13.0 Å². The van der Waals surface area contributed by atoms with Crippen LogP contribution in [0.4, 0.5) is 11.5 Å². The van der Waals surface area contributed by atoms with Crippen molar-refractivity contribution in [3.63, 3.8) is 0 Å². The van der Waals surface area contributed by atoms with Crippen molar-refractivity contribution in [1.29, 1.82) is 5.26 Å². The van der Waals surface area contributed by atoms with Gasteiger partial charge < -0.3 is 24.8 Å². The van der Waals surface area contributed by atoms with Gasteiger partial charge in [0, 0.05) is 59.9 Å². The Morgan fingerprint density at radius 2 is 2.08 bits per heavy atom. The minimum atomic E-state index is 0.136. The van der Waals surface area contributed by atoms with Gasteiger partial charge in [-0.25, -0.2) is 0 Å². The summed E-state index contributed by atoms with van der Waals surface area (Å²) >= 11 is 6.38. The second-order valence-corrected chi connectivity index (χ2v) is 11.1. The second kappa shape index (κ2) is 10.9. The van der Waals surface area contributed by atoms with Crippen LogP contribution in [0.25, 0.3) is 10.8 Å². The number of nitrogens with zero attached hydrogens (tertiary/aromatic N) is 6. The molecule has 0 aliphatic carbocycles. The van der Waals surface area contributed by atoms with E-state index in [1.807, 2.05) is 6.07 Å². The zero-order valence-electron chi connectivity index (χ0n) is 21.9. The summed E-state index contributed by atoms with van der Waals surface area (Å²) in [5.74, 6) is 0.967. The molecule has 198 valence electrons. The first-order valence-electron chi connectivity index (χ1n) is 13.6. The Labute approximate surface area is 229 Å². The van der Waals surface area contributed by atoms with Crippen LogP contribution in [0.2, 0.25) is 5.02 Å². The number of ether oxygens (including phenoxy) is 1. The van der Waals surface area contributed by atoms with E-state index in [4.69, 9.17) is 26.3 Å². The van der Waals surface area contributed by atoms with Crippen molar-refractivity contribution in [2.45, 2.75) is 44.3 Å². The van der Waals surface area contributed by atoms with Crippen LogP contribution >= 0.6 is 11.6 Å². The molecular weight excluding hydrogens is 498 g/mol. The maximum atomic E-state index is 9.26. The lowest BCUT2D eigenvalue weighted by atomic mass is 10.0. The molecule has 0 spiro atoms. The van der Waals surface area contributed by atoms with Gasteiger partial charge in [-0.05, 0) is 56.4 Å². The highest BCUT2D eigenvalue weighted by Gasteiger charge is 2.30. The average Bonchev–Trinajstić information content (AvgIpc) is 3.35. The highest BCUT2D eigenvalue weighted by atomic mass is 35.5. The lowest BCUT2D eigenvalue weighted by molar-refractivity contribution is 0.187. The minimum Gasteiger partial charge on any atom is -0.462 e. The molecule has 2 aromatic carbocycles. The first kappa shape index (κ1) is 25.2. The standard InChI is InChI=1S/C29H34ClN7O/c1-35-13-3-5-23(35)19-38-29-33-26-18-36(27-6-2-4-20-7-8-21(30)16-25(20)27)14-10-24(26)28(34-29)37-15-12-32-22(17-37)9-11-31/h2,4,6-8,16,22-23,32H,3,5,9-10,12-15,17-19H2,1H3/t22?,23-/m0/s1. The second-order valence-electron chi connectivity index (χ2n) is 10.6. The van der Waals surface area contributed by atoms with E-state index in [1.54, 1.807) is 0 Å². The Morgan fingerprint density at radius 1 is 1.16 bits per heavy atom. The van der Waals surface area contributed by atoms with Crippen LogP contribution < -0.4 is 19.9 Å². The van der Waals surface area contributed by atoms with Gasteiger partial charge in [-0.3, -0.25) is 0 Å². The molecule has 1 aromatic heterocycles. The van der Waals surface area contributed by atoms with E-state index in [0.717, 1.165) is 67.5 Å². The number of hydrogen-bond acceptors (Lipinski definition) is 8. The fourth-order valence-electron chi connectivity index (χ4n) is 6.05. The van der Waals surface area contributed by atoms with E-state index in [2.05, 4.69) is 63.5 Å². The summed E-state index contributed by atoms with van der Waals surface area (Å²) in [4.78, 5) is 17.0. The largest absolute Gasteiger partial charge is 0.462 e. The van der Waals surface area contributed by atoms with E-state index in [0.29, 0.717) is 31.6 Å². The van der Waals surface area contributed by atoms with E-state index in [-0.39, 0.29) is 6.04 Å². The third kappa shape index (κ3) is 5.11. The predicted octanol–water partition coefficient (Wildman–Crippen LogP) is 4.01. The lowest BCUT2D eigenvalue weighted by Gasteiger charge is -2.37. The predicted molar refractivity (Wildman–Crippen MR) is 151 cm³/mol. The molecule has 3 aromatic rings. The van der Waals surface area contributed by atoms with Gasteiger partial charge in [0.1, 0.15) is 12.4 Å². The van der Waals surface area contributed by atoms with Gasteiger partial charge >= 0.3 is 6.01 Å². The lowest BCUT2D eigenvalue weighted by Crippen LogP contribution is -2.51. The normalized spacial score (nSPS) is 21.9. The molecule has 0 saturated carbocycles. The van der Waals surface area contributed by atoms with Gasteiger partial charge in [-0.2, -0.15) is 15.2 Å². The van der Waals surface area contributed by atoms with Crippen molar-refractivity contribution in [1.82, 2.24) is 20.2 Å². The first-order valence-corrected chi connectivity index (χ1v) is 14.0. The van der Waals surface area contributed by atoms with Crippen molar-refractivity contribution >= 4 is 33.9 Å². The number of benzene rings is 2. The van der Waals surface area contributed by atoms with Gasteiger partial charge in [0.15, 0.2) is 0 Å². The molecule has 2 saturated heterocycles. The molecule has 8 nitrogen and oxygen atoms in total. The molecule has 2 fully saturated rings. The topological polar surface area (TPSA) is 80.5 Å². The Balaban J connectivity index is 1.33. The zero-order valence-corrected chi connectivity index (χ0v) is 22.6. The number of aromatic nitrogens is 2. The van der Waals surface area contributed by atoms with Gasteiger partial charge in [-0.1, -0.05) is 29.8 Å². The number of piperazine rings is 1. The molecule has 0 bridgehead atoms. The molecule has 38 heavy (non-hydrogen) atoms. The van der Waals surface area contributed by atoms with Crippen molar-refractivity contribution in [2.24, 2.45) is 0 Å². The van der Waals surface area contributed by atoms with E-state index < -0.39 is 0 Å². The maximum absolute atomic E-state index is 9.26. The smallest absolute Gasteiger partial charge is 0.318 e. The van der Waals surface area contributed by atoms with Crippen LogP contribution in [0.3, 0.4) is 0 Å². The van der Waals surface area contributed by atoms with E-state index >= 15 is 0 Å². The highest BCUT2D eigenvalue weighted by Crippen LogP contribution is 2.35. The fraction of sp³-hybridized carbons (Fsp3) is 0.483. The summed E-state index contributed by atoms with van der Waals surface area (Å²) in [7, 11) is 2.16. The zero-order chi connectivity index (χ0) is 26.1. The van der Waals surface area contributed by atoms with Gasteiger partial charge in [0.25, 0.3) is 0 Å². The highest BCUT2D eigenvalue weighted by molar-refractivity contribution is 6.31. The maximum Gasteiger partial charge on any atom is 0.318 e. The number of likely N-dealkylation sites (tertiary alicyclic amines) is 1. The molecule has 1 unspecified atom stereocenters. The monoisotopic (exact) mass is 531 g/mol. The Hall–Kier alpha value is -3.12. The molecule has 3 aliphatic heterocycles. The third-order valence-corrected chi connectivity index (χ3v) is 8.39. The summed E-state index contributed by atoms with van der Waals surface area (Å²) in [6.45, 7) is 5.69. The molecule has 4 heterocycles. The molecule has 1 N–H and O–H groups in total. The van der Waals surface area contributed by atoms with Crippen molar-refractivity contribution in [3.8, 4) is 12.1 Å². The van der Waals surface area contributed by atoms with Gasteiger partial charge in [0.2, 0.25) is 0 Å². The van der Waals surface area contributed by atoms with E-state index in [9.17, 15) is 5.26 Å². The van der Waals surface area contributed by atoms with Gasteiger partial charge in [-0.15, -0.1) is 0 Å². The van der Waals surface area contributed by atoms with Crippen LogP contribution in [0.1, 0.15) is 30.5 Å². The Kier molecular flexibility index (Phi) is 7.24. The number of anilines is 2. The van der Waals surface area contributed by atoms with Crippen LogP contribution in [0.15, 0.2) is 36.4 Å². The van der Waals surface area contributed by atoms with Crippen LogP contribution in [0.5, 0.6) is 6.01 Å². The molecule has 6 rings (SSSR count). The number of nitrogens with one attached hydrogen (secondary N) is 1. The fourth-order valence-corrected chi connectivity index (χ4v) is 6.22. The van der Waals surface area contributed by atoms with Crippen molar-refractivity contribution in [2.75, 3.05) is 56.2 Å². The number of likely N-dealkylation sites (N-methyl/N-ethyl adjacent to an activating group) is 1. The summed E-state index contributed by atoms with van der Waals surface area (Å²) in [6.07, 6.45) is 3.67. The Bertz CT molecular complexity index is 1360. The average molecular weight is 532 g/mol. The van der Waals surface area contributed by atoms with E-state index in [1.165, 1.54) is 23.1 Å². The Morgan fingerprint density at radius 3 is 2.92 bits per heavy atom. The number of halogens is 1. The minimum absolute atomic E-state index is 0.136. The van der Waals surface area contributed by atoms with Crippen molar-refractivity contribution in [3.05, 3.63) is 52.7 Å². The van der Waals surface area contributed by atoms with Gasteiger partial charge in [0.05, 0.1) is 24.7 Å². The molecular formula is C29H34ClN7O. The number of fused-ring (bicyclic) bond motifs is 2. The SMILES string of the molecule is CN1CCC[C@H]1COc1nc2c(c(N3CCNC(CC#N)C3)n1)CCN(c1cccc3ccc(Cl)cc13)C2. The summed E-state index contributed by atoms with van der Waals surface area (Å²) in [5.41, 5.74) is 3.38. The van der Waals surface area contributed by atoms with Crippen LogP contribution in [-0.4, -0.2) is 73.3 Å². The molecule has 0 amide bonds. The summed E-state index contributed by atoms with van der Waals surface area (Å²) < 4.78 is 6.26. The number of nitriles is 1. The first-order chi connectivity index (χ1) is 18.6. The third-order valence-electron chi connectivity index (χ3n) is 8.15. The molecule has 3 aliphatic rings. The molecule has 0 radical (unpaired) electrons. The summed E-state index contributed by atoms with van der Waals surface area (Å²) in [5, 5.41) is 15.8. The van der Waals surface area contributed by atoms with Crippen LogP contribution in [0, 0.1) is 11.3 Å². The summed E-state index contributed by atoms with van der Waals surface area (Å²) in [6, 6.07) is 15.8. The number of hydrogen-bond donors (Lipinski definition) is 1. The number of rotatable bonds is 6. The molecule has 9 heteroatoms. The quantitative estimate of drug-likeness (QED) is 0.511.